The molecule has 0 unspecified atom stereocenters. The molecule has 5 rings (SSSR count). The summed E-state index contributed by atoms with van der Waals surface area (Å²) in [5.74, 6) is -0.100. The maximum absolute atomic E-state index is 13.5. The van der Waals surface area contributed by atoms with Gasteiger partial charge in [0.1, 0.15) is 10.7 Å². The standard InChI is InChI=1S/C28H37F3N8O4S/c1-19-21(18-33-38(19)15-5-13-32)44(41,42)36-25(40)20-6-7-22(34-24(20)37-14-4-9-26(37,2)3)39-16-8-23(35-39)43-17-12-27(10-11-27)28(29,30)31/h6-8,16,18H,4-5,9-15,17,32H2,1-3H3,(H,36,40). The molecular formula is C28H37F3N8O4S. The van der Waals surface area contributed by atoms with E-state index in [4.69, 9.17) is 15.5 Å². The summed E-state index contributed by atoms with van der Waals surface area (Å²) in [7, 11) is -4.26. The van der Waals surface area contributed by atoms with E-state index in [1.807, 2.05) is 18.7 Å². The number of ether oxygens (including phenoxy) is 1. The number of anilines is 1. The molecule has 3 aromatic heterocycles. The third kappa shape index (κ3) is 6.27. The lowest BCUT2D eigenvalue weighted by Crippen LogP contribution is -2.41. The maximum Gasteiger partial charge on any atom is 0.394 e. The number of aryl methyl sites for hydroxylation is 1. The second-order valence-corrected chi connectivity index (χ2v) is 13.6. The molecule has 2 fully saturated rings. The molecule has 4 heterocycles. The van der Waals surface area contributed by atoms with E-state index in [1.54, 1.807) is 13.1 Å². The number of nitrogens with zero attached hydrogens (tertiary/aromatic N) is 6. The number of pyridine rings is 1. The number of halogens is 3. The molecule has 44 heavy (non-hydrogen) atoms. The van der Waals surface area contributed by atoms with Crippen LogP contribution in [0, 0.1) is 12.3 Å². The fourth-order valence-corrected chi connectivity index (χ4v) is 6.67. The Bertz CT molecular complexity index is 1630. The number of hydrogen-bond acceptors (Lipinski definition) is 9. The number of aromatic nitrogens is 5. The van der Waals surface area contributed by atoms with Gasteiger partial charge in [0, 0.05) is 30.9 Å². The molecule has 1 aliphatic carbocycles. The van der Waals surface area contributed by atoms with Gasteiger partial charge in [-0.1, -0.05) is 0 Å². The molecule has 240 valence electrons. The zero-order valence-corrected chi connectivity index (χ0v) is 25.7. The van der Waals surface area contributed by atoms with E-state index in [9.17, 15) is 26.4 Å². The molecular weight excluding hydrogens is 601 g/mol. The SMILES string of the molecule is Cc1c(S(=O)(=O)NC(=O)c2ccc(-n3ccc(OCCC4(C(F)(F)F)CC4)n3)nc2N2CCCC2(C)C)cnn1CCCN. The monoisotopic (exact) mass is 638 g/mol. The molecule has 1 saturated carbocycles. The van der Waals surface area contributed by atoms with E-state index in [0.717, 1.165) is 12.8 Å². The van der Waals surface area contributed by atoms with Crippen molar-refractivity contribution in [3.8, 4) is 11.7 Å². The zero-order chi connectivity index (χ0) is 31.9. The summed E-state index contributed by atoms with van der Waals surface area (Å²) >= 11 is 0. The van der Waals surface area contributed by atoms with Crippen molar-refractivity contribution in [2.75, 3.05) is 24.6 Å². The molecule has 2 aliphatic rings. The fraction of sp³-hybridized carbons (Fsp3) is 0.571. The molecule has 0 radical (unpaired) electrons. The summed E-state index contributed by atoms with van der Waals surface area (Å²) in [4.78, 5) is 20.1. The van der Waals surface area contributed by atoms with Crippen molar-refractivity contribution in [2.24, 2.45) is 11.1 Å². The number of alkyl halides is 3. The third-order valence-corrected chi connectivity index (χ3v) is 9.93. The van der Waals surface area contributed by atoms with Crippen LogP contribution in [0.2, 0.25) is 0 Å². The topological polar surface area (TPSA) is 150 Å². The Morgan fingerprint density at radius 2 is 1.93 bits per heavy atom. The van der Waals surface area contributed by atoms with Gasteiger partial charge in [0.25, 0.3) is 15.9 Å². The van der Waals surface area contributed by atoms with E-state index in [2.05, 4.69) is 14.9 Å². The van der Waals surface area contributed by atoms with Crippen molar-refractivity contribution in [1.82, 2.24) is 29.3 Å². The number of hydrogen-bond donors (Lipinski definition) is 2. The highest BCUT2D eigenvalue weighted by atomic mass is 32.2. The minimum absolute atomic E-state index is 0.0611. The summed E-state index contributed by atoms with van der Waals surface area (Å²) in [5.41, 5.74) is 3.98. The molecule has 1 saturated heterocycles. The lowest BCUT2D eigenvalue weighted by molar-refractivity contribution is -0.190. The average Bonchev–Trinajstić information content (AvgIpc) is 3.25. The Kier molecular flexibility index (Phi) is 8.44. The Balaban J connectivity index is 1.38. The van der Waals surface area contributed by atoms with Crippen LogP contribution in [0.25, 0.3) is 5.82 Å². The molecule has 16 heteroatoms. The van der Waals surface area contributed by atoms with Crippen molar-refractivity contribution >= 4 is 21.7 Å². The van der Waals surface area contributed by atoms with Crippen LogP contribution in [0.4, 0.5) is 19.0 Å². The first-order valence-corrected chi connectivity index (χ1v) is 16.0. The normalized spacial score (nSPS) is 17.6. The van der Waals surface area contributed by atoms with Gasteiger partial charge >= 0.3 is 6.18 Å². The molecule has 3 N–H and O–H groups in total. The van der Waals surface area contributed by atoms with Gasteiger partial charge in [-0.25, -0.2) is 22.8 Å². The van der Waals surface area contributed by atoms with E-state index < -0.39 is 27.5 Å². The van der Waals surface area contributed by atoms with Crippen LogP contribution in [0.1, 0.15) is 68.4 Å². The largest absolute Gasteiger partial charge is 0.477 e. The number of nitrogens with two attached hydrogens (primary N) is 1. The molecule has 0 aromatic carbocycles. The highest BCUT2D eigenvalue weighted by molar-refractivity contribution is 7.90. The van der Waals surface area contributed by atoms with E-state index in [0.29, 0.717) is 37.6 Å². The predicted molar refractivity (Wildman–Crippen MR) is 155 cm³/mol. The Morgan fingerprint density at radius 1 is 1.18 bits per heavy atom. The van der Waals surface area contributed by atoms with Crippen molar-refractivity contribution in [2.45, 2.75) is 82.5 Å². The molecule has 0 bridgehead atoms. The van der Waals surface area contributed by atoms with Gasteiger partial charge in [0.05, 0.1) is 29.5 Å². The number of carbonyl (C=O) groups excluding carboxylic acids is 1. The highest BCUT2D eigenvalue weighted by Gasteiger charge is 2.62. The summed E-state index contributed by atoms with van der Waals surface area (Å²) in [6.07, 6.45) is 0.872. The quantitative estimate of drug-likeness (QED) is 0.303. The van der Waals surface area contributed by atoms with Crippen LogP contribution in [-0.4, -0.2) is 70.3 Å². The predicted octanol–water partition coefficient (Wildman–Crippen LogP) is 3.73. The second-order valence-electron chi connectivity index (χ2n) is 12.0. The zero-order valence-electron chi connectivity index (χ0n) is 24.9. The average molecular weight is 639 g/mol. The van der Waals surface area contributed by atoms with Crippen molar-refractivity contribution in [1.29, 1.82) is 0 Å². The van der Waals surface area contributed by atoms with Crippen LogP contribution in [0.5, 0.6) is 5.88 Å². The Hall–Kier alpha value is -3.66. The third-order valence-electron chi connectivity index (χ3n) is 8.50. The first-order valence-electron chi connectivity index (χ1n) is 14.5. The molecule has 12 nitrogen and oxygen atoms in total. The van der Waals surface area contributed by atoms with Crippen LogP contribution >= 0.6 is 0 Å². The Morgan fingerprint density at radius 3 is 2.57 bits per heavy atom. The lowest BCUT2D eigenvalue weighted by Gasteiger charge is -2.34. The number of sulfonamides is 1. The van der Waals surface area contributed by atoms with Gasteiger partial charge in [-0.05, 0) is 78.0 Å². The van der Waals surface area contributed by atoms with E-state index >= 15 is 0 Å². The van der Waals surface area contributed by atoms with Crippen molar-refractivity contribution in [3.05, 3.63) is 41.9 Å². The summed E-state index contributed by atoms with van der Waals surface area (Å²) in [5, 5.41) is 8.44. The highest BCUT2D eigenvalue weighted by Crippen LogP contribution is 2.59. The summed E-state index contributed by atoms with van der Waals surface area (Å²) in [6, 6.07) is 4.53. The van der Waals surface area contributed by atoms with Crippen LogP contribution in [0.3, 0.4) is 0 Å². The number of rotatable bonds is 12. The van der Waals surface area contributed by atoms with Gasteiger partial charge in [0.2, 0.25) is 5.88 Å². The molecule has 1 aliphatic heterocycles. The second kappa shape index (κ2) is 11.7. The minimum Gasteiger partial charge on any atom is -0.477 e. The van der Waals surface area contributed by atoms with Crippen LogP contribution in [-0.2, 0) is 16.6 Å². The minimum atomic E-state index is -4.26. The summed E-state index contributed by atoms with van der Waals surface area (Å²) < 4.78 is 76.8. The lowest BCUT2D eigenvalue weighted by atomic mass is 10.0. The van der Waals surface area contributed by atoms with Crippen LogP contribution < -0.4 is 20.1 Å². The van der Waals surface area contributed by atoms with Gasteiger partial charge in [0.15, 0.2) is 5.82 Å². The molecule has 3 aromatic rings. The van der Waals surface area contributed by atoms with E-state index in [-0.39, 0.29) is 53.6 Å². The van der Waals surface area contributed by atoms with Crippen molar-refractivity contribution < 1.29 is 31.1 Å². The van der Waals surface area contributed by atoms with Gasteiger partial charge in [-0.2, -0.15) is 18.3 Å². The fourth-order valence-electron chi connectivity index (χ4n) is 5.53. The van der Waals surface area contributed by atoms with Gasteiger partial charge in [-0.15, -0.1) is 5.10 Å². The smallest absolute Gasteiger partial charge is 0.394 e. The maximum atomic E-state index is 13.5. The molecule has 1 amide bonds. The van der Waals surface area contributed by atoms with Crippen LogP contribution in [0.15, 0.2) is 35.5 Å². The molecule has 0 atom stereocenters. The first kappa shape index (κ1) is 31.8. The van der Waals surface area contributed by atoms with Gasteiger partial charge < -0.3 is 15.4 Å². The molecule has 0 spiro atoms. The number of nitrogens with one attached hydrogen (secondary N) is 1. The number of carbonyl (C=O) groups is 1. The number of amides is 1. The summed E-state index contributed by atoms with van der Waals surface area (Å²) in [6.45, 7) is 6.97. The Labute approximate surface area is 253 Å². The van der Waals surface area contributed by atoms with Crippen molar-refractivity contribution in [3.63, 3.8) is 0 Å². The van der Waals surface area contributed by atoms with Gasteiger partial charge in [-0.3, -0.25) is 9.48 Å². The first-order chi connectivity index (χ1) is 20.7. The van der Waals surface area contributed by atoms with E-state index in [1.165, 1.54) is 33.8 Å².